The minimum absolute atomic E-state index is 0.0867. The molecule has 0 aliphatic carbocycles. The minimum atomic E-state index is 0.0867. The van der Waals surface area contributed by atoms with Gasteiger partial charge in [-0.25, -0.2) is 4.98 Å². The van der Waals surface area contributed by atoms with Gasteiger partial charge >= 0.3 is 0 Å². The van der Waals surface area contributed by atoms with Gasteiger partial charge in [0.15, 0.2) is 0 Å². The van der Waals surface area contributed by atoms with Crippen molar-refractivity contribution >= 4 is 11.8 Å². The monoisotopic (exact) mass is 350 g/mol. The van der Waals surface area contributed by atoms with Crippen LogP contribution < -0.4 is 11.5 Å². The zero-order chi connectivity index (χ0) is 18.8. The third-order valence-corrected chi connectivity index (χ3v) is 5.29. The van der Waals surface area contributed by atoms with E-state index in [0.717, 1.165) is 29.8 Å². The smallest absolute Gasteiger partial charge is 0.222 e. The molecule has 1 aromatic carbocycles. The highest BCUT2D eigenvalue weighted by molar-refractivity contribution is 5.76. The van der Waals surface area contributed by atoms with Gasteiger partial charge in [0.05, 0.1) is 5.69 Å². The van der Waals surface area contributed by atoms with Crippen molar-refractivity contribution in [2.75, 3.05) is 18.0 Å². The number of piperidine rings is 1. The molecule has 1 saturated heterocycles. The van der Waals surface area contributed by atoms with Gasteiger partial charge < -0.3 is 11.5 Å². The number of anilines is 2. The molecule has 2 heterocycles. The lowest BCUT2D eigenvalue weighted by atomic mass is 9.93. The summed E-state index contributed by atoms with van der Waals surface area (Å²) >= 11 is 0. The molecule has 6 nitrogen and oxygen atoms in total. The molecular weight excluding hydrogens is 324 g/mol. The van der Waals surface area contributed by atoms with E-state index in [1.54, 1.807) is 0 Å². The zero-order valence-electron chi connectivity index (χ0n) is 15.7. The maximum Gasteiger partial charge on any atom is 0.222 e. The average molecular weight is 350 g/mol. The van der Waals surface area contributed by atoms with Gasteiger partial charge in [-0.3, -0.25) is 4.90 Å². The summed E-state index contributed by atoms with van der Waals surface area (Å²) in [6.07, 6.45) is 3.80. The predicted molar refractivity (Wildman–Crippen MR) is 104 cm³/mol. The summed E-state index contributed by atoms with van der Waals surface area (Å²) in [6.45, 7) is 8.46. The number of rotatable bonds is 3. The summed E-state index contributed by atoms with van der Waals surface area (Å²) < 4.78 is 0. The van der Waals surface area contributed by atoms with Crippen LogP contribution >= 0.6 is 0 Å². The Bertz CT molecular complexity index is 868. The van der Waals surface area contributed by atoms with Crippen LogP contribution in [0.25, 0.3) is 11.3 Å². The molecule has 3 rings (SSSR count). The summed E-state index contributed by atoms with van der Waals surface area (Å²) in [5, 5.41) is 9.52. The number of aryl methyl sites for hydroxylation is 1. The van der Waals surface area contributed by atoms with Crippen LogP contribution in [0.2, 0.25) is 0 Å². The number of nitrogens with zero attached hydrogens (tertiary/aromatic N) is 4. The largest absolute Gasteiger partial charge is 0.382 e. The van der Waals surface area contributed by atoms with Crippen molar-refractivity contribution in [1.29, 1.82) is 5.26 Å². The van der Waals surface area contributed by atoms with Gasteiger partial charge in [-0.15, -0.1) is 0 Å². The SMILES string of the molecule is Cc1cc(CN2CCCCC2C)c(C)c(-c2nc(N)nc(N)c2C#N)c1. The van der Waals surface area contributed by atoms with Gasteiger partial charge in [-0.05, 0) is 57.4 Å². The molecule has 1 aromatic heterocycles. The van der Waals surface area contributed by atoms with Crippen LogP contribution in [0.5, 0.6) is 0 Å². The summed E-state index contributed by atoms with van der Waals surface area (Å²) in [5.74, 6) is 0.214. The molecule has 0 radical (unpaired) electrons. The second-order valence-electron chi connectivity index (χ2n) is 7.21. The number of nitrogens with two attached hydrogens (primary N) is 2. The second-order valence-corrected chi connectivity index (χ2v) is 7.21. The van der Waals surface area contributed by atoms with Crippen LogP contribution in [0.3, 0.4) is 0 Å². The van der Waals surface area contributed by atoms with Gasteiger partial charge in [0.2, 0.25) is 5.95 Å². The lowest BCUT2D eigenvalue weighted by Gasteiger charge is -2.34. The first-order valence-corrected chi connectivity index (χ1v) is 9.08. The maximum absolute atomic E-state index is 9.52. The number of hydrogen-bond acceptors (Lipinski definition) is 6. The molecule has 0 bridgehead atoms. The molecular formula is C20H26N6. The van der Waals surface area contributed by atoms with Crippen LogP contribution in [-0.2, 0) is 6.54 Å². The third-order valence-electron chi connectivity index (χ3n) is 5.29. The molecule has 0 spiro atoms. The molecule has 1 aliphatic rings. The van der Waals surface area contributed by atoms with Crippen molar-refractivity contribution in [2.24, 2.45) is 0 Å². The zero-order valence-corrected chi connectivity index (χ0v) is 15.7. The number of nitriles is 1. The fraction of sp³-hybridized carbons (Fsp3) is 0.450. The van der Waals surface area contributed by atoms with Gasteiger partial charge in [0.1, 0.15) is 17.5 Å². The summed E-state index contributed by atoms with van der Waals surface area (Å²) in [7, 11) is 0. The summed E-state index contributed by atoms with van der Waals surface area (Å²) in [6, 6.07) is 6.98. The van der Waals surface area contributed by atoms with E-state index in [-0.39, 0.29) is 17.3 Å². The molecule has 1 atom stereocenters. The van der Waals surface area contributed by atoms with Crippen molar-refractivity contribution in [1.82, 2.24) is 14.9 Å². The van der Waals surface area contributed by atoms with E-state index < -0.39 is 0 Å². The van der Waals surface area contributed by atoms with E-state index >= 15 is 0 Å². The maximum atomic E-state index is 9.52. The van der Waals surface area contributed by atoms with Gasteiger partial charge in [0.25, 0.3) is 0 Å². The number of nitrogen functional groups attached to an aromatic ring is 2. The van der Waals surface area contributed by atoms with Crippen LogP contribution in [-0.4, -0.2) is 27.5 Å². The Hall–Kier alpha value is -2.65. The highest BCUT2D eigenvalue weighted by atomic mass is 15.2. The lowest BCUT2D eigenvalue weighted by Crippen LogP contribution is -2.36. The topological polar surface area (TPSA) is 105 Å². The molecule has 4 N–H and O–H groups in total. The number of hydrogen-bond donors (Lipinski definition) is 2. The van der Waals surface area contributed by atoms with E-state index in [1.165, 1.54) is 24.8 Å². The summed E-state index contributed by atoms with van der Waals surface area (Å²) in [4.78, 5) is 10.8. The first-order valence-electron chi connectivity index (χ1n) is 9.08. The molecule has 1 fully saturated rings. The van der Waals surface area contributed by atoms with Crippen LogP contribution in [0, 0.1) is 25.2 Å². The van der Waals surface area contributed by atoms with Crippen molar-refractivity contribution in [3.63, 3.8) is 0 Å². The van der Waals surface area contributed by atoms with E-state index in [2.05, 4.69) is 47.8 Å². The number of benzene rings is 1. The average Bonchev–Trinajstić information content (AvgIpc) is 2.59. The molecule has 136 valence electrons. The molecule has 6 heteroatoms. The highest BCUT2D eigenvalue weighted by Crippen LogP contribution is 2.32. The van der Waals surface area contributed by atoms with Gasteiger partial charge in [-0.1, -0.05) is 18.1 Å². The van der Waals surface area contributed by atoms with Crippen LogP contribution in [0.15, 0.2) is 12.1 Å². The minimum Gasteiger partial charge on any atom is -0.382 e. The molecule has 0 amide bonds. The Balaban J connectivity index is 2.08. The molecule has 1 unspecified atom stereocenters. The Morgan fingerprint density at radius 1 is 1.23 bits per heavy atom. The lowest BCUT2D eigenvalue weighted by molar-refractivity contribution is 0.152. The van der Waals surface area contributed by atoms with E-state index in [9.17, 15) is 5.26 Å². The second kappa shape index (κ2) is 7.30. The Morgan fingerprint density at radius 2 is 2.00 bits per heavy atom. The van der Waals surface area contributed by atoms with E-state index in [1.807, 2.05) is 6.07 Å². The third kappa shape index (κ3) is 3.49. The fourth-order valence-corrected chi connectivity index (χ4v) is 3.76. The number of aromatic nitrogens is 2. The molecule has 26 heavy (non-hydrogen) atoms. The Kier molecular flexibility index (Phi) is 5.10. The van der Waals surface area contributed by atoms with Crippen molar-refractivity contribution in [3.8, 4) is 17.3 Å². The molecule has 0 saturated carbocycles. The fourth-order valence-electron chi connectivity index (χ4n) is 3.76. The van der Waals surface area contributed by atoms with Gasteiger partial charge in [0, 0.05) is 18.2 Å². The Labute approximate surface area is 154 Å². The molecule has 1 aliphatic heterocycles. The normalized spacial score (nSPS) is 17.8. The van der Waals surface area contributed by atoms with Crippen molar-refractivity contribution in [3.05, 3.63) is 34.4 Å². The van der Waals surface area contributed by atoms with Crippen LogP contribution in [0.4, 0.5) is 11.8 Å². The van der Waals surface area contributed by atoms with Gasteiger partial charge in [-0.2, -0.15) is 10.2 Å². The Morgan fingerprint density at radius 3 is 2.69 bits per heavy atom. The predicted octanol–water partition coefficient (Wildman–Crippen LogP) is 3.17. The van der Waals surface area contributed by atoms with E-state index in [4.69, 9.17) is 11.5 Å². The van der Waals surface area contributed by atoms with Crippen LogP contribution in [0.1, 0.15) is 48.4 Å². The number of likely N-dealkylation sites (tertiary alicyclic amines) is 1. The summed E-state index contributed by atoms with van der Waals surface area (Å²) in [5.41, 5.74) is 16.9. The van der Waals surface area contributed by atoms with Crippen molar-refractivity contribution in [2.45, 2.75) is 52.6 Å². The van der Waals surface area contributed by atoms with Crippen molar-refractivity contribution < 1.29 is 0 Å². The highest BCUT2D eigenvalue weighted by Gasteiger charge is 2.21. The first-order chi connectivity index (χ1) is 12.4. The standard InChI is InChI=1S/C20H26N6/c1-12-8-15(11-26-7-5-4-6-13(26)2)14(3)16(9-12)18-17(10-21)19(22)25-20(23)24-18/h8-9,13H,4-7,11H2,1-3H3,(H4,22,23,24,25). The van der Waals surface area contributed by atoms with E-state index in [0.29, 0.717) is 11.7 Å². The first kappa shape index (κ1) is 18.2. The molecule has 2 aromatic rings. The quantitative estimate of drug-likeness (QED) is 0.881.